The van der Waals surface area contributed by atoms with E-state index in [1.807, 2.05) is 37.3 Å². The molecule has 3 atom stereocenters. The van der Waals surface area contributed by atoms with Crippen LogP contribution in [-0.2, 0) is 0 Å². The van der Waals surface area contributed by atoms with Crippen molar-refractivity contribution in [2.75, 3.05) is 6.54 Å². The van der Waals surface area contributed by atoms with Crippen LogP contribution in [0.15, 0.2) is 42.7 Å². The van der Waals surface area contributed by atoms with Crippen molar-refractivity contribution in [2.45, 2.75) is 57.7 Å². The van der Waals surface area contributed by atoms with Crippen LogP contribution in [0.5, 0.6) is 5.88 Å². The molecule has 0 amide bonds. The summed E-state index contributed by atoms with van der Waals surface area (Å²) in [5.74, 6) is 1.34. The molecule has 0 unspecified atom stereocenters. The van der Waals surface area contributed by atoms with Gasteiger partial charge >= 0.3 is 0 Å². The van der Waals surface area contributed by atoms with Crippen molar-refractivity contribution < 1.29 is 4.74 Å². The van der Waals surface area contributed by atoms with E-state index in [0.717, 1.165) is 47.9 Å². The third-order valence-electron chi connectivity index (χ3n) is 7.24. The van der Waals surface area contributed by atoms with Crippen LogP contribution < -0.4 is 10.1 Å². The van der Waals surface area contributed by atoms with Crippen molar-refractivity contribution in [3.8, 4) is 23.2 Å². The van der Waals surface area contributed by atoms with E-state index < -0.39 is 0 Å². The van der Waals surface area contributed by atoms with Gasteiger partial charge in [0.15, 0.2) is 0 Å². The Morgan fingerprint density at radius 1 is 1.20 bits per heavy atom. The van der Waals surface area contributed by atoms with Gasteiger partial charge in [0.25, 0.3) is 0 Å². The van der Waals surface area contributed by atoms with Crippen LogP contribution in [0.25, 0.3) is 16.9 Å². The van der Waals surface area contributed by atoms with Gasteiger partial charge in [-0.2, -0.15) is 5.26 Å². The Morgan fingerprint density at radius 2 is 2.09 bits per heavy atom. The van der Waals surface area contributed by atoms with E-state index in [-0.39, 0.29) is 6.10 Å². The number of nitrogens with zero attached hydrogens (tertiary/aromatic N) is 7. The van der Waals surface area contributed by atoms with Crippen LogP contribution in [0, 0.1) is 24.2 Å². The average Bonchev–Trinajstić information content (AvgIpc) is 3.55. The SMILES string of the molecule is Cc1c(-c2cc(O[C@H](C)c3ccccn3)n3c(C#N)cnc3c2)nnn1[C@@H]1CCN[C@H](C2CC2)C1. The molecular weight excluding hydrogens is 440 g/mol. The van der Waals surface area contributed by atoms with Gasteiger partial charge in [0.05, 0.1) is 23.6 Å². The molecule has 1 N–H and O–H groups in total. The molecule has 178 valence electrons. The van der Waals surface area contributed by atoms with Gasteiger partial charge in [0, 0.05) is 23.9 Å². The molecule has 4 aromatic rings. The molecule has 9 heteroatoms. The van der Waals surface area contributed by atoms with Gasteiger partial charge in [-0.15, -0.1) is 5.10 Å². The molecule has 1 aliphatic carbocycles. The number of rotatable bonds is 6. The van der Waals surface area contributed by atoms with Crippen LogP contribution in [0.1, 0.15) is 61.8 Å². The lowest BCUT2D eigenvalue weighted by molar-refractivity contribution is 0.210. The van der Waals surface area contributed by atoms with Gasteiger partial charge in [-0.3, -0.25) is 9.38 Å². The van der Waals surface area contributed by atoms with E-state index in [1.165, 1.54) is 12.8 Å². The van der Waals surface area contributed by atoms with Gasteiger partial charge in [-0.1, -0.05) is 11.3 Å². The summed E-state index contributed by atoms with van der Waals surface area (Å²) in [6, 6.07) is 12.7. The first-order chi connectivity index (χ1) is 17.1. The number of aromatic nitrogens is 6. The molecule has 9 nitrogen and oxygen atoms in total. The van der Waals surface area contributed by atoms with Gasteiger partial charge in [0.2, 0.25) is 5.88 Å². The zero-order valence-electron chi connectivity index (χ0n) is 19.9. The maximum absolute atomic E-state index is 9.63. The minimum Gasteiger partial charge on any atom is -0.469 e. The summed E-state index contributed by atoms with van der Waals surface area (Å²) >= 11 is 0. The Kier molecular flexibility index (Phi) is 5.46. The van der Waals surface area contributed by atoms with Crippen molar-refractivity contribution in [1.82, 2.24) is 34.7 Å². The number of pyridine rings is 2. The Morgan fingerprint density at radius 3 is 2.86 bits per heavy atom. The molecule has 1 aliphatic heterocycles. The summed E-state index contributed by atoms with van der Waals surface area (Å²) in [5, 5.41) is 22.5. The first-order valence-corrected chi connectivity index (χ1v) is 12.3. The van der Waals surface area contributed by atoms with Crippen molar-refractivity contribution in [3.63, 3.8) is 0 Å². The quantitative estimate of drug-likeness (QED) is 0.456. The maximum atomic E-state index is 9.63. The molecule has 35 heavy (non-hydrogen) atoms. The molecule has 5 heterocycles. The Bertz CT molecular complexity index is 1400. The van der Waals surface area contributed by atoms with Gasteiger partial charge in [-0.05, 0) is 70.2 Å². The molecule has 2 fully saturated rings. The van der Waals surface area contributed by atoms with E-state index in [2.05, 4.69) is 43.3 Å². The fourth-order valence-electron chi connectivity index (χ4n) is 5.20. The van der Waals surface area contributed by atoms with Crippen molar-refractivity contribution in [2.24, 2.45) is 5.92 Å². The monoisotopic (exact) mass is 468 g/mol. The molecule has 0 spiro atoms. The smallest absolute Gasteiger partial charge is 0.201 e. The third kappa shape index (κ3) is 4.04. The van der Waals surface area contributed by atoms with E-state index >= 15 is 0 Å². The Labute approximate surface area is 203 Å². The topological polar surface area (TPSA) is 106 Å². The number of ether oxygens (including phenoxy) is 1. The predicted molar refractivity (Wildman–Crippen MR) is 130 cm³/mol. The van der Waals surface area contributed by atoms with Crippen LogP contribution in [0.3, 0.4) is 0 Å². The fourth-order valence-corrected chi connectivity index (χ4v) is 5.20. The Hall–Kier alpha value is -3.77. The van der Waals surface area contributed by atoms with Crippen LogP contribution >= 0.6 is 0 Å². The summed E-state index contributed by atoms with van der Waals surface area (Å²) in [7, 11) is 0. The van der Waals surface area contributed by atoms with Crippen LogP contribution in [0.2, 0.25) is 0 Å². The molecule has 6 rings (SSSR count). The number of hydrogen-bond acceptors (Lipinski definition) is 7. The van der Waals surface area contributed by atoms with E-state index in [0.29, 0.717) is 29.3 Å². The first-order valence-electron chi connectivity index (χ1n) is 12.3. The van der Waals surface area contributed by atoms with Crippen molar-refractivity contribution in [1.29, 1.82) is 5.26 Å². The lowest BCUT2D eigenvalue weighted by Gasteiger charge is -2.31. The minimum atomic E-state index is -0.311. The second-order valence-electron chi connectivity index (χ2n) is 9.59. The molecule has 0 bridgehead atoms. The molecule has 0 radical (unpaired) electrons. The number of fused-ring (bicyclic) bond motifs is 1. The average molecular weight is 469 g/mol. The highest BCUT2D eigenvalue weighted by molar-refractivity contribution is 5.68. The highest BCUT2D eigenvalue weighted by atomic mass is 16.5. The van der Waals surface area contributed by atoms with E-state index in [4.69, 9.17) is 4.74 Å². The molecule has 1 saturated heterocycles. The summed E-state index contributed by atoms with van der Waals surface area (Å²) in [6.07, 6.45) is 7.81. The highest BCUT2D eigenvalue weighted by Gasteiger charge is 2.36. The normalized spacial score (nSPS) is 21.1. The van der Waals surface area contributed by atoms with Gasteiger partial charge in [0.1, 0.15) is 29.2 Å². The second kappa shape index (κ2) is 8.78. The highest BCUT2D eigenvalue weighted by Crippen LogP contribution is 2.39. The van der Waals surface area contributed by atoms with Gasteiger partial charge < -0.3 is 10.1 Å². The number of nitriles is 1. The van der Waals surface area contributed by atoms with Gasteiger partial charge in [-0.25, -0.2) is 9.67 Å². The summed E-state index contributed by atoms with van der Waals surface area (Å²) in [6.45, 7) is 5.04. The number of nitrogens with one attached hydrogen (secondary N) is 1. The zero-order chi connectivity index (χ0) is 23.9. The summed E-state index contributed by atoms with van der Waals surface area (Å²) < 4.78 is 10.2. The first kappa shape index (κ1) is 21.7. The minimum absolute atomic E-state index is 0.311. The van der Waals surface area contributed by atoms with Crippen LogP contribution in [0.4, 0.5) is 0 Å². The number of piperidine rings is 1. The Balaban J connectivity index is 1.36. The lowest BCUT2D eigenvalue weighted by Crippen LogP contribution is -2.40. The molecule has 0 aromatic carbocycles. The predicted octanol–water partition coefficient (Wildman–Crippen LogP) is 4.01. The number of imidazole rings is 1. The van der Waals surface area contributed by atoms with Crippen LogP contribution in [-0.4, -0.2) is 41.9 Å². The fraction of sp³-hybridized carbons (Fsp3) is 0.423. The third-order valence-corrected chi connectivity index (χ3v) is 7.24. The second-order valence-corrected chi connectivity index (χ2v) is 9.59. The summed E-state index contributed by atoms with van der Waals surface area (Å²) in [5.41, 5.74) is 4.57. The maximum Gasteiger partial charge on any atom is 0.201 e. The molecular formula is C26H28N8O. The van der Waals surface area contributed by atoms with E-state index in [1.54, 1.807) is 16.8 Å². The molecule has 4 aromatic heterocycles. The van der Waals surface area contributed by atoms with Crippen molar-refractivity contribution in [3.05, 3.63) is 59.8 Å². The molecule has 2 aliphatic rings. The lowest BCUT2D eigenvalue weighted by atomic mass is 9.96. The van der Waals surface area contributed by atoms with Crippen molar-refractivity contribution >= 4 is 5.65 Å². The standard InChI is InChI=1S/C26H28N8O/c1-16-26(31-32-34(16)20-8-10-29-23(13-20)18-6-7-18)19-11-24-30-15-21(14-27)33(24)25(12-19)35-17(2)22-5-3-4-9-28-22/h3-5,9,11-12,15,17-18,20,23,29H,6-8,10,13H2,1-2H3/t17-,20-,23+/m1/s1. The largest absolute Gasteiger partial charge is 0.469 e. The van der Waals surface area contributed by atoms with E-state index in [9.17, 15) is 5.26 Å². The zero-order valence-corrected chi connectivity index (χ0v) is 19.9. The number of hydrogen-bond donors (Lipinski definition) is 1. The summed E-state index contributed by atoms with van der Waals surface area (Å²) in [4.78, 5) is 8.87. The molecule has 1 saturated carbocycles.